The van der Waals surface area contributed by atoms with Crippen LogP contribution in [0.3, 0.4) is 0 Å². The van der Waals surface area contributed by atoms with Gasteiger partial charge in [-0.3, -0.25) is 4.90 Å². The predicted octanol–water partition coefficient (Wildman–Crippen LogP) is 5.31. The van der Waals surface area contributed by atoms with E-state index in [1.54, 1.807) is 12.1 Å². The molecule has 0 spiro atoms. The first kappa shape index (κ1) is 25.5. The number of benzene rings is 2. The van der Waals surface area contributed by atoms with Crippen LogP contribution in [-0.4, -0.2) is 45.4 Å². The summed E-state index contributed by atoms with van der Waals surface area (Å²) in [5.74, 6) is 0.298. The van der Waals surface area contributed by atoms with Crippen molar-refractivity contribution in [2.75, 3.05) is 33.9 Å². The number of ether oxygens (including phenoxy) is 3. The minimum Gasteiger partial charge on any atom is -0.493 e. The fraction of sp³-hybridized carbons (Fsp3) is 0.455. The van der Waals surface area contributed by atoms with E-state index in [2.05, 4.69) is 21.0 Å². The van der Waals surface area contributed by atoms with Crippen LogP contribution in [-0.2, 0) is 6.54 Å². The zero-order chi connectivity index (χ0) is 21.5. The molecule has 1 unspecified atom stereocenters. The Bertz CT molecular complexity index is 811. The number of halogens is 4. The maximum absolute atomic E-state index is 12.7. The summed E-state index contributed by atoms with van der Waals surface area (Å²) in [6.07, 6.45) is 2.36. The van der Waals surface area contributed by atoms with Gasteiger partial charge in [-0.15, -0.1) is 12.4 Å². The molecule has 0 radical (unpaired) electrons. The van der Waals surface area contributed by atoms with Crippen LogP contribution in [0.4, 0.5) is 8.78 Å². The summed E-state index contributed by atoms with van der Waals surface area (Å²) in [6.45, 7) is 0.325. The van der Waals surface area contributed by atoms with E-state index in [-0.39, 0.29) is 35.7 Å². The van der Waals surface area contributed by atoms with Gasteiger partial charge in [-0.2, -0.15) is 8.78 Å². The van der Waals surface area contributed by atoms with Crippen LogP contribution in [0.5, 0.6) is 17.2 Å². The molecule has 9 heteroatoms. The van der Waals surface area contributed by atoms with Crippen LogP contribution in [0.2, 0.25) is 5.02 Å². The van der Waals surface area contributed by atoms with Gasteiger partial charge in [-0.05, 0) is 55.3 Å². The largest absolute Gasteiger partial charge is 0.493 e. The molecule has 3 rings (SSSR count). The smallest absolute Gasteiger partial charge is 0.387 e. The van der Waals surface area contributed by atoms with Crippen molar-refractivity contribution in [3.8, 4) is 17.2 Å². The van der Waals surface area contributed by atoms with Crippen molar-refractivity contribution in [1.29, 1.82) is 0 Å². The molecule has 0 bridgehead atoms. The maximum Gasteiger partial charge on any atom is 0.387 e. The highest BCUT2D eigenvalue weighted by atomic mass is 35.5. The molecule has 31 heavy (non-hydrogen) atoms. The summed E-state index contributed by atoms with van der Waals surface area (Å²) >= 11 is 6.47. The Morgan fingerprint density at radius 3 is 2.23 bits per heavy atom. The molecule has 172 valence electrons. The minimum atomic E-state index is -2.96. The van der Waals surface area contributed by atoms with Crippen LogP contribution in [0, 0.1) is 0 Å². The third-order valence-electron chi connectivity index (χ3n) is 5.24. The fourth-order valence-electron chi connectivity index (χ4n) is 3.83. The normalized spacial score (nSPS) is 14.9. The third kappa shape index (κ3) is 6.59. The Morgan fingerprint density at radius 2 is 1.68 bits per heavy atom. The molecule has 1 aliphatic rings. The third-order valence-corrected chi connectivity index (χ3v) is 5.58. The number of nitrogens with one attached hydrogen (secondary N) is 1. The van der Waals surface area contributed by atoms with Crippen molar-refractivity contribution in [3.05, 3.63) is 52.5 Å². The first-order valence-electron chi connectivity index (χ1n) is 9.92. The minimum absolute atomic E-state index is 0. The summed E-state index contributed by atoms with van der Waals surface area (Å²) in [6, 6.07) is 11.4. The van der Waals surface area contributed by atoms with Gasteiger partial charge in [-0.1, -0.05) is 29.8 Å². The van der Waals surface area contributed by atoms with Gasteiger partial charge in [0.15, 0.2) is 11.5 Å². The molecule has 0 aromatic heterocycles. The monoisotopic (exact) mass is 476 g/mol. The van der Waals surface area contributed by atoms with Gasteiger partial charge in [0.2, 0.25) is 5.75 Å². The molecule has 1 heterocycles. The first-order chi connectivity index (χ1) is 14.5. The number of methoxy groups -OCH3 is 2. The molecular weight excluding hydrogens is 449 g/mol. The maximum atomic E-state index is 12.7. The number of likely N-dealkylation sites (tertiary alicyclic amines) is 1. The zero-order valence-corrected chi connectivity index (χ0v) is 19.1. The Morgan fingerprint density at radius 1 is 1.06 bits per heavy atom. The molecule has 1 N–H and O–H groups in total. The van der Waals surface area contributed by atoms with E-state index >= 15 is 0 Å². The van der Waals surface area contributed by atoms with Crippen LogP contribution in [0.15, 0.2) is 36.4 Å². The summed E-state index contributed by atoms with van der Waals surface area (Å²) in [5.41, 5.74) is 1.94. The van der Waals surface area contributed by atoms with Crippen molar-refractivity contribution in [2.24, 2.45) is 0 Å². The molecule has 2 aromatic carbocycles. The van der Waals surface area contributed by atoms with Gasteiger partial charge in [0.1, 0.15) is 0 Å². The quantitative estimate of drug-likeness (QED) is 0.503. The van der Waals surface area contributed by atoms with Crippen molar-refractivity contribution < 1.29 is 23.0 Å². The molecule has 1 saturated heterocycles. The average Bonchev–Trinajstić information content (AvgIpc) is 3.26. The summed E-state index contributed by atoms with van der Waals surface area (Å²) in [7, 11) is 2.82. The highest BCUT2D eigenvalue weighted by Gasteiger charge is 2.25. The van der Waals surface area contributed by atoms with Crippen LogP contribution < -0.4 is 19.5 Å². The van der Waals surface area contributed by atoms with E-state index in [4.69, 9.17) is 21.1 Å². The highest BCUT2D eigenvalue weighted by molar-refractivity contribution is 6.31. The number of hydrogen-bond acceptors (Lipinski definition) is 5. The van der Waals surface area contributed by atoms with E-state index in [1.165, 1.54) is 27.1 Å². The lowest BCUT2D eigenvalue weighted by Crippen LogP contribution is -2.34. The second-order valence-corrected chi connectivity index (χ2v) is 7.53. The average molecular weight is 477 g/mol. The van der Waals surface area contributed by atoms with E-state index in [0.29, 0.717) is 13.1 Å². The molecular formula is C22H28Cl2F2N2O3. The van der Waals surface area contributed by atoms with Crippen molar-refractivity contribution in [3.63, 3.8) is 0 Å². The van der Waals surface area contributed by atoms with E-state index in [1.807, 2.05) is 18.2 Å². The fourth-order valence-corrected chi connectivity index (χ4v) is 4.09. The molecule has 0 aliphatic carbocycles. The van der Waals surface area contributed by atoms with Gasteiger partial charge < -0.3 is 19.5 Å². The van der Waals surface area contributed by atoms with Crippen molar-refractivity contribution >= 4 is 24.0 Å². The molecule has 1 aliphatic heterocycles. The zero-order valence-electron chi connectivity index (χ0n) is 17.6. The number of nitrogens with zero attached hydrogens (tertiary/aromatic N) is 1. The molecule has 5 nitrogen and oxygen atoms in total. The number of rotatable bonds is 10. The van der Waals surface area contributed by atoms with Crippen LogP contribution >= 0.6 is 24.0 Å². The molecule has 1 atom stereocenters. The van der Waals surface area contributed by atoms with Gasteiger partial charge in [0.05, 0.1) is 14.2 Å². The Balaban J connectivity index is 0.00000341. The van der Waals surface area contributed by atoms with Crippen molar-refractivity contribution in [2.45, 2.75) is 32.0 Å². The summed E-state index contributed by atoms with van der Waals surface area (Å²) in [4.78, 5) is 2.44. The number of alkyl halides is 2. The number of hydrogen-bond donors (Lipinski definition) is 1. The Kier molecular flexibility index (Phi) is 10.1. The SMILES string of the molecule is COc1cc(CNCC(c2ccccc2Cl)N2CCCC2)cc(OC)c1OC(F)F.Cl. The van der Waals surface area contributed by atoms with E-state index < -0.39 is 6.61 Å². The standard InChI is InChI=1S/C22H27ClF2N2O3.ClH/c1-28-19-11-15(12-20(29-2)21(19)30-22(24)25)13-26-14-18(27-9-5-6-10-27)16-7-3-4-8-17(16)23;/h3-4,7-8,11-12,18,22,26H,5-6,9-10,13-14H2,1-2H3;1H. The van der Waals surface area contributed by atoms with Gasteiger partial charge in [-0.25, -0.2) is 0 Å². The summed E-state index contributed by atoms with van der Waals surface area (Å²) in [5, 5.41) is 4.22. The summed E-state index contributed by atoms with van der Waals surface area (Å²) < 4.78 is 40.5. The van der Waals surface area contributed by atoms with Crippen LogP contribution in [0.1, 0.15) is 30.0 Å². The molecule has 0 saturated carbocycles. The van der Waals surface area contributed by atoms with Gasteiger partial charge in [0.25, 0.3) is 0 Å². The Labute approximate surface area is 193 Å². The molecule has 0 amide bonds. The predicted molar refractivity (Wildman–Crippen MR) is 120 cm³/mol. The highest BCUT2D eigenvalue weighted by Crippen LogP contribution is 2.39. The topological polar surface area (TPSA) is 43.0 Å². The second kappa shape index (κ2) is 12.3. The van der Waals surface area contributed by atoms with E-state index in [0.717, 1.165) is 29.2 Å². The van der Waals surface area contributed by atoms with E-state index in [9.17, 15) is 8.78 Å². The second-order valence-electron chi connectivity index (χ2n) is 7.12. The van der Waals surface area contributed by atoms with Crippen molar-refractivity contribution in [1.82, 2.24) is 10.2 Å². The van der Waals surface area contributed by atoms with Crippen LogP contribution in [0.25, 0.3) is 0 Å². The first-order valence-corrected chi connectivity index (χ1v) is 10.3. The molecule has 1 fully saturated rings. The lowest BCUT2D eigenvalue weighted by molar-refractivity contribution is -0.0526. The Hall–Kier alpha value is -1.80. The lowest BCUT2D eigenvalue weighted by Gasteiger charge is -2.29. The lowest BCUT2D eigenvalue weighted by atomic mass is 10.0. The van der Waals surface area contributed by atoms with Gasteiger partial charge >= 0.3 is 6.61 Å². The van der Waals surface area contributed by atoms with Gasteiger partial charge in [0, 0.05) is 24.2 Å². The molecule has 2 aromatic rings.